The van der Waals surface area contributed by atoms with Gasteiger partial charge in [-0.15, -0.1) is 10.2 Å². The molecule has 0 saturated heterocycles. The fourth-order valence-corrected chi connectivity index (χ4v) is 3.37. The van der Waals surface area contributed by atoms with E-state index in [2.05, 4.69) is 20.1 Å². The van der Waals surface area contributed by atoms with Crippen molar-refractivity contribution >= 4 is 11.6 Å². The number of hydrogen-bond donors (Lipinski definition) is 1. The number of anilines is 1. The first-order chi connectivity index (χ1) is 14.4. The second-order valence-electron chi connectivity index (χ2n) is 6.99. The number of carbonyl (C=O) groups excluding carboxylic acids is 1. The first-order valence-corrected chi connectivity index (χ1v) is 9.52. The summed E-state index contributed by atoms with van der Waals surface area (Å²) in [5.74, 6) is 1.62. The van der Waals surface area contributed by atoms with Gasteiger partial charge in [-0.1, -0.05) is 18.2 Å². The highest BCUT2D eigenvalue weighted by molar-refractivity contribution is 5.92. The Hall–Kier alpha value is -3.36. The maximum Gasteiger partial charge on any atom is 0.416 e. The van der Waals surface area contributed by atoms with Crippen LogP contribution in [0.25, 0.3) is 11.4 Å². The summed E-state index contributed by atoms with van der Waals surface area (Å²) in [7, 11) is 0. The Morgan fingerprint density at radius 3 is 2.77 bits per heavy atom. The molecule has 0 fully saturated rings. The van der Waals surface area contributed by atoms with Crippen LogP contribution in [-0.4, -0.2) is 27.3 Å². The van der Waals surface area contributed by atoms with Crippen molar-refractivity contribution in [3.63, 3.8) is 0 Å². The number of hydrogen-bond acceptors (Lipinski definition) is 4. The number of alkyl halides is 3. The molecule has 156 valence electrons. The topological polar surface area (TPSA) is 69.0 Å². The minimum absolute atomic E-state index is 0.0577. The molecule has 6 nitrogen and oxygen atoms in total. The number of carbonyl (C=O) groups is 1. The smallest absolute Gasteiger partial charge is 0.416 e. The molecule has 4 rings (SSSR count). The van der Waals surface area contributed by atoms with Crippen molar-refractivity contribution in [1.29, 1.82) is 0 Å². The van der Waals surface area contributed by atoms with Crippen molar-refractivity contribution in [2.24, 2.45) is 0 Å². The molecule has 0 spiro atoms. The average molecular weight is 416 g/mol. The molecule has 0 unspecified atom stereocenters. The molecule has 0 bridgehead atoms. The highest BCUT2D eigenvalue weighted by Gasteiger charge is 2.30. The van der Waals surface area contributed by atoms with Crippen molar-refractivity contribution in [1.82, 2.24) is 14.8 Å². The van der Waals surface area contributed by atoms with Crippen molar-refractivity contribution in [3.8, 4) is 17.1 Å². The van der Waals surface area contributed by atoms with Crippen molar-refractivity contribution in [3.05, 3.63) is 59.9 Å². The monoisotopic (exact) mass is 416 g/mol. The third-order valence-corrected chi connectivity index (χ3v) is 4.80. The lowest BCUT2D eigenvalue weighted by Crippen LogP contribution is -2.20. The van der Waals surface area contributed by atoms with Gasteiger partial charge in [-0.3, -0.25) is 4.79 Å². The van der Waals surface area contributed by atoms with Crippen LogP contribution in [-0.2, 0) is 23.9 Å². The van der Waals surface area contributed by atoms with E-state index in [4.69, 9.17) is 4.74 Å². The van der Waals surface area contributed by atoms with Crippen LogP contribution in [0.1, 0.15) is 24.2 Å². The van der Waals surface area contributed by atoms with Gasteiger partial charge in [0, 0.05) is 24.2 Å². The Kier molecular flexibility index (Phi) is 5.43. The van der Waals surface area contributed by atoms with Gasteiger partial charge in [0.2, 0.25) is 0 Å². The second kappa shape index (κ2) is 8.17. The van der Waals surface area contributed by atoms with E-state index >= 15 is 0 Å². The third-order valence-electron chi connectivity index (χ3n) is 4.80. The van der Waals surface area contributed by atoms with Crippen LogP contribution < -0.4 is 10.1 Å². The molecule has 0 radical (unpaired) electrons. The Balaban J connectivity index is 1.40. The Morgan fingerprint density at radius 1 is 1.10 bits per heavy atom. The number of nitrogens with zero attached hydrogens (tertiary/aromatic N) is 3. The molecule has 3 aromatic rings. The van der Waals surface area contributed by atoms with Crippen LogP contribution >= 0.6 is 0 Å². The molecule has 9 heteroatoms. The molecule has 1 amide bonds. The van der Waals surface area contributed by atoms with Crippen LogP contribution in [0.2, 0.25) is 0 Å². The quantitative estimate of drug-likeness (QED) is 0.673. The molecule has 1 aromatic heterocycles. The normalized spacial score (nSPS) is 13.6. The van der Waals surface area contributed by atoms with Crippen LogP contribution in [0.15, 0.2) is 48.5 Å². The molecule has 1 aliphatic rings. The van der Waals surface area contributed by atoms with Gasteiger partial charge in [-0.05, 0) is 43.2 Å². The minimum Gasteiger partial charge on any atom is -0.484 e. The second-order valence-corrected chi connectivity index (χ2v) is 6.99. The molecule has 2 heterocycles. The number of fused-ring (bicyclic) bond motifs is 1. The van der Waals surface area contributed by atoms with E-state index in [9.17, 15) is 18.0 Å². The van der Waals surface area contributed by atoms with Crippen LogP contribution in [0.3, 0.4) is 0 Å². The van der Waals surface area contributed by atoms with E-state index in [0.29, 0.717) is 5.75 Å². The summed E-state index contributed by atoms with van der Waals surface area (Å²) in [6, 6.07) is 11.6. The minimum atomic E-state index is -4.47. The number of aryl methyl sites for hydroxylation is 1. The number of rotatable bonds is 5. The van der Waals surface area contributed by atoms with Crippen molar-refractivity contribution < 1.29 is 22.7 Å². The lowest BCUT2D eigenvalue weighted by Gasteiger charge is -2.15. The SMILES string of the molecule is O=C(COc1cccc(-c2nnc3n2CCCC3)c1)Nc1cccc(C(F)(F)F)c1. The number of ether oxygens (including phenoxy) is 1. The summed E-state index contributed by atoms with van der Waals surface area (Å²) in [5, 5.41) is 10.9. The standard InChI is InChI=1S/C21H19F3N4O2/c22-21(23,24)15-6-4-7-16(12-15)25-19(29)13-30-17-8-3-5-14(11-17)20-27-26-18-9-1-2-10-28(18)20/h3-8,11-12H,1-2,9-10,13H2,(H,25,29). The number of amides is 1. The largest absolute Gasteiger partial charge is 0.484 e. The first kappa shape index (κ1) is 19.9. The number of benzene rings is 2. The van der Waals surface area contributed by atoms with E-state index in [-0.39, 0.29) is 12.3 Å². The van der Waals surface area contributed by atoms with Gasteiger partial charge in [-0.25, -0.2) is 0 Å². The maximum atomic E-state index is 12.8. The zero-order valence-corrected chi connectivity index (χ0v) is 15.9. The van der Waals surface area contributed by atoms with E-state index < -0.39 is 17.6 Å². The predicted octanol–water partition coefficient (Wildman–Crippen LogP) is 4.32. The van der Waals surface area contributed by atoms with E-state index in [1.165, 1.54) is 12.1 Å². The Bertz CT molecular complexity index is 1060. The van der Waals surface area contributed by atoms with Gasteiger partial charge in [0.1, 0.15) is 11.6 Å². The fourth-order valence-electron chi connectivity index (χ4n) is 3.37. The van der Waals surface area contributed by atoms with E-state index in [1.807, 2.05) is 6.07 Å². The lowest BCUT2D eigenvalue weighted by atomic mass is 10.1. The summed E-state index contributed by atoms with van der Waals surface area (Å²) >= 11 is 0. The van der Waals surface area contributed by atoms with Crippen molar-refractivity contribution in [2.45, 2.75) is 32.0 Å². The van der Waals surface area contributed by atoms with Gasteiger partial charge in [0.25, 0.3) is 5.91 Å². The van der Waals surface area contributed by atoms with Gasteiger partial charge in [0.15, 0.2) is 12.4 Å². The maximum absolute atomic E-state index is 12.8. The molecule has 1 N–H and O–H groups in total. The summed E-state index contributed by atoms with van der Waals surface area (Å²) in [5.41, 5.74) is 0.0549. The molecule has 2 aromatic carbocycles. The van der Waals surface area contributed by atoms with Gasteiger partial charge >= 0.3 is 6.18 Å². The van der Waals surface area contributed by atoms with E-state index in [1.54, 1.807) is 18.2 Å². The highest BCUT2D eigenvalue weighted by atomic mass is 19.4. The molecular weight excluding hydrogens is 397 g/mol. The van der Waals surface area contributed by atoms with Crippen LogP contribution in [0, 0.1) is 0 Å². The molecule has 1 aliphatic heterocycles. The number of aromatic nitrogens is 3. The van der Waals surface area contributed by atoms with Gasteiger partial charge in [-0.2, -0.15) is 13.2 Å². The van der Waals surface area contributed by atoms with Crippen molar-refractivity contribution in [2.75, 3.05) is 11.9 Å². The lowest BCUT2D eigenvalue weighted by molar-refractivity contribution is -0.137. The Labute approximate surface area is 170 Å². The summed E-state index contributed by atoms with van der Waals surface area (Å²) < 4.78 is 46.0. The number of nitrogens with one attached hydrogen (secondary N) is 1. The molecule has 0 aliphatic carbocycles. The summed E-state index contributed by atoms with van der Waals surface area (Å²) in [4.78, 5) is 12.1. The highest BCUT2D eigenvalue weighted by Crippen LogP contribution is 2.30. The first-order valence-electron chi connectivity index (χ1n) is 9.52. The van der Waals surface area contributed by atoms with Crippen LogP contribution in [0.4, 0.5) is 18.9 Å². The molecule has 0 atom stereocenters. The van der Waals surface area contributed by atoms with Gasteiger partial charge in [0.05, 0.1) is 5.56 Å². The zero-order chi connectivity index (χ0) is 21.1. The van der Waals surface area contributed by atoms with Crippen LogP contribution in [0.5, 0.6) is 5.75 Å². The third kappa shape index (κ3) is 4.45. The summed E-state index contributed by atoms with van der Waals surface area (Å²) in [6.07, 6.45) is -1.40. The predicted molar refractivity (Wildman–Crippen MR) is 104 cm³/mol. The number of halogens is 3. The zero-order valence-electron chi connectivity index (χ0n) is 15.9. The molecular formula is C21H19F3N4O2. The van der Waals surface area contributed by atoms with E-state index in [0.717, 1.165) is 55.2 Å². The summed E-state index contributed by atoms with van der Waals surface area (Å²) in [6.45, 7) is 0.528. The average Bonchev–Trinajstić information content (AvgIpc) is 3.16. The fraction of sp³-hybridized carbons (Fsp3) is 0.286. The Morgan fingerprint density at radius 2 is 1.93 bits per heavy atom. The van der Waals surface area contributed by atoms with Gasteiger partial charge < -0.3 is 14.6 Å². The molecule has 0 saturated carbocycles. The molecule has 30 heavy (non-hydrogen) atoms.